The van der Waals surface area contributed by atoms with Crippen LogP contribution in [0.4, 0.5) is 4.79 Å². The number of carbonyl (C=O) groups is 2. The average Bonchev–Trinajstić information content (AvgIpc) is 2.85. The van der Waals surface area contributed by atoms with E-state index in [1.165, 1.54) is 4.90 Å². The molecule has 0 aromatic heterocycles. The molecule has 1 saturated carbocycles. The smallest absolute Gasteiger partial charge is 0.323 e. The first-order valence-corrected chi connectivity index (χ1v) is 6.46. The van der Waals surface area contributed by atoms with Gasteiger partial charge < -0.3 is 19.6 Å². The Labute approximate surface area is 112 Å². The van der Waals surface area contributed by atoms with Crippen LogP contribution >= 0.6 is 0 Å². The molecule has 104 valence electrons. The van der Waals surface area contributed by atoms with E-state index in [-0.39, 0.29) is 31.3 Å². The van der Waals surface area contributed by atoms with Gasteiger partial charge >= 0.3 is 12.0 Å². The van der Waals surface area contributed by atoms with Crippen molar-refractivity contribution in [1.29, 1.82) is 0 Å². The number of aliphatic carboxylic acids is 1. The van der Waals surface area contributed by atoms with Gasteiger partial charge in [-0.1, -0.05) is 5.92 Å². The average molecular weight is 266 g/mol. The van der Waals surface area contributed by atoms with Crippen LogP contribution in [0.1, 0.15) is 19.3 Å². The standard InChI is InChI=1S/C13H18N2O4/c1-2-6-14(9-12(16)17)13(18)15-7-8-19-11-5-3-4-10(11)15/h1,10-11H,3-9H2,(H,16,17). The highest BCUT2D eigenvalue weighted by molar-refractivity contribution is 5.80. The van der Waals surface area contributed by atoms with Gasteiger partial charge in [-0.15, -0.1) is 6.42 Å². The normalized spacial score (nSPS) is 25.5. The number of carboxylic acids is 1. The Balaban J connectivity index is 2.07. The Hall–Kier alpha value is -1.74. The minimum absolute atomic E-state index is 0.0138. The largest absolute Gasteiger partial charge is 0.480 e. The molecule has 1 aliphatic heterocycles. The third-order valence-electron chi connectivity index (χ3n) is 3.61. The SMILES string of the molecule is C#CCN(CC(=O)O)C(=O)N1CCOC2CCCC21. The molecule has 1 saturated heterocycles. The van der Waals surface area contributed by atoms with Crippen molar-refractivity contribution in [3.63, 3.8) is 0 Å². The van der Waals surface area contributed by atoms with Crippen molar-refractivity contribution in [2.75, 3.05) is 26.2 Å². The molecular weight excluding hydrogens is 248 g/mol. The zero-order valence-corrected chi connectivity index (χ0v) is 10.7. The number of amides is 2. The molecule has 2 atom stereocenters. The summed E-state index contributed by atoms with van der Waals surface area (Å²) in [6, 6.07) is -0.226. The van der Waals surface area contributed by atoms with Gasteiger partial charge in [0.2, 0.25) is 0 Å². The number of terminal acetylenes is 1. The van der Waals surface area contributed by atoms with Crippen molar-refractivity contribution in [2.24, 2.45) is 0 Å². The van der Waals surface area contributed by atoms with Crippen molar-refractivity contribution in [1.82, 2.24) is 9.80 Å². The molecule has 6 nitrogen and oxygen atoms in total. The third-order valence-corrected chi connectivity index (χ3v) is 3.61. The number of fused-ring (bicyclic) bond motifs is 1. The molecule has 0 aromatic carbocycles. The Kier molecular flexibility index (Phi) is 4.27. The molecule has 0 radical (unpaired) electrons. The Bertz CT molecular complexity index is 404. The zero-order chi connectivity index (χ0) is 13.8. The van der Waals surface area contributed by atoms with E-state index >= 15 is 0 Å². The molecule has 1 heterocycles. The Morgan fingerprint density at radius 3 is 2.95 bits per heavy atom. The second-order valence-corrected chi connectivity index (χ2v) is 4.84. The molecule has 1 aliphatic carbocycles. The maximum Gasteiger partial charge on any atom is 0.323 e. The summed E-state index contributed by atoms with van der Waals surface area (Å²) in [6.45, 7) is 0.655. The van der Waals surface area contributed by atoms with E-state index in [0.29, 0.717) is 13.2 Å². The molecular formula is C13H18N2O4. The van der Waals surface area contributed by atoms with Crippen LogP contribution in [0, 0.1) is 12.3 Å². The van der Waals surface area contributed by atoms with Gasteiger partial charge in [0.25, 0.3) is 0 Å². The fraction of sp³-hybridized carbons (Fsp3) is 0.692. The topological polar surface area (TPSA) is 70.1 Å². The molecule has 0 bridgehead atoms. The highest BCUT2D eigenvalue weighted by atomic mass is 16.5. The lowest BCUT2D eigenvalue weighted by molar-refractivity contribution is -0.137. The summed E-state index contributed by atoms with van der Waals surface area (Å²) in [5.41, 5.74) is 0. The molecule has 0 aromatic rings. The van der Waals surface area contributed by atoms with Crippen molar-refractivity contribution < 1.29 is 19.4 Å². The van der Waals surface area contributed by atoms with Crippen molar-refractivity contribution in [3.8, 4) is 12.3 Å². The lowest BCUT2D eigenvalue weighted by Crippen LogP contribution is -2.56. The number of nitrogens with zero attached hydrogens (tertiary/aromatic N) is 2. The predicted octanol–water partition coefficient (Wildman–Crippen LogP) is 0.380. The van der Waals surface area contributed by atoms with Crippen LogP contribution in [0.3, 0.4) is 0 Å². The molecule has 2 unspecified atom stereocenters. The lowest BCUT2D eigenvalue weighted by atomic mass is 10.1. The minimum Gasteiger partial charge on any atom is -0.480 e. The van der Waals surface area contributed by atoms with Gasteiger partial charge in [0.05, 0.1) is 25.3 Å². The van der Waals surface area contributed by atoms with E-state index in [0.717, 1.165) is 19.3 Å². The summed E-state index contributed by atoms with van der Waals surface area (Å²) in [5, 5.41) is 8.84. The first-order valence-electron chi connectivity index (χ1n) is 6.46. The van der Waals surface area contributed by atoms with Crippen LogP contribution in [0.5, 0.6) is 0 Å². The van der Waals surface area contributed by atoms with Crippen LogP contribution in [0.15, 0.2) is 0 Å². The molecule has 2 fully saturated rings. The zero-order valence-electron chi connectivity index (χ0n) is 10.7. The highest BCUT2D eigenvalue weighted by Crippen LogP contribution is 2.30. The summed E-state index contributed by atoms with van der Waals surface area (Å²) in [6.07, 6.45) is 8.20. The number of hydrogen-bond donors (Lipinski definition) is 1. The molecule has 6 heteroatoms. The second-order valence-electron chi connectivity index (χ2n) is 4.84. The van der Waals surface area contributed by atoms with Crippen molar-refractivity contribution in [2.45, 2.75) is 31.4 Å². The van der Waals surface area contributed by atoms with Crippen molar-refractivity contribution in [3.05, 3.63) is 0 Å². The third kappa shape index (κ3) is 2.99. The fourth-order valence-corrected chi connectivity index (χ4v) is 2.81. The number of urea groups is 1. The van der Waals surface area contributed by atoms with Gasteiger partial charge in [-0.05, 0) is 19.3 Å². The number of carboxylic acid groups (broad SMARTS) is 1. The summed E-state index contributed by atoms with van der Waals surface area (Å²) in [4.78, 5) is 26.1. The predicted molar refractivity (Wildman–Crippen MR) is 67.5 cm³/mol. The quantitative estimate of drug-likeness (QED) is 0.750. The Morgan fingerprint density at radius 2 is 2.26 bits per heavy atom. The number of morpholine rings is 1. The molecule has 2 rings (SSSR count). The molecule has 19 heavy (non-hydrogen) atoms. The maximum atomic E-state index is 12.4. The number of hydrogen-bond acceptors (Lipinski definition) is 3. The van der Waals surface area contributed by atoms with Gasteiger partial charge in [-0.25, -0.2) is 4.79 Å². The second kappa shape index (κ2) is 5.93. The number of ether oxygens (including phenoxy) is 1. The fourth-order valence-electron chi connectivity index (χ4n) is 2.81. The molecule has 2 aliphatic rings. The molecule has 1 N–H and O–H groups in total. The first-order chi connectivity index (χ1) is 9.13. The van der Waals surface area contributed by atoms with E-state index in [1.54, 1.807) is 4.90 Å². The van der Waals surface area contributed by atoms with Gasteiger partial charge in [-0.3, -0.25) is 4.79 Å². The maximum absolute atomic E-state index is 12.4. The molecule has 2 amide bonds. The monoisotopic (exact) mass is 266 g/mol. The van der Waals surface area contributed by atoms with E-state index < -0.39 is 5.97 Å². The van der Waals surface area contributed by atoms with Crippen LogP contribution in [0.25, 0.3) is 0 Å². The highest BCUT2D eigenvalue weighted by Gasteiger charge is 2.39. The van der Waals surface area contributed by atoms with E-state index in [9.17, 15) is 9.59 Å². The molecule has 0 spiro atoms. The number of carbonyl (C=O) groups excluding carboxylic acids is 1. The van der Waals surface area contributed by atoms with Gasteiger partial charge in [0, 0.05) is 6.54 Å². The van der Waals surface area contributed by atoms with Crippen LogP contribution in [0.2, 0.25) is 0 Å². The van der Waals surface area contributed by atoms with Gasteiger partial charge in [0.1, 0.15) is 6.54 Å². The summed E-state index contributed by atoms with van der Waals surface area (Å²) in [7, 11) is 0. The lowest BCUT2D eigenvalue weighted by Gasteiger charge is -2.39. The Morgan fingerprint density at radius 1 is 1.47 bits per heavy atom. The summed E-state index contributed by atoms with van der Waals surface area (Å²) >= 11 is 0. The summed E-state index contributed by atoms with van der Waals surface area (Å²) < 4.78 is 5.63. The summed E-state index contributed by atoms with van der Waals surface area (Å²) in [5.74, 6) is 1.28. The van der Waals surface area contributed by atoms with E-state index in [1.807, 2.05) is 0 Å². The first kappa shape index (κ1) is 13.7. The van der Waals surface area contributed by atoms with Crippen LogP contribution < -0.4 is 0 Å². The minimum atomic E-state index is -1.06. The van der Waals surface area contributed by atoms with Crippen LogP contribution in [-0.2, 0) is 9.53 Å². The van der Waals surface area contributed by atoms with E-state index in [2.05, 4.69) is 5.92 Å². The van der Waals surface area contributed by atoms with Crippen LogP contribution in [-0.4, -0.2) is 65.3 Å². The number of rotatable bonds is 3. The van der Waals surface area contributed by atoms with Gasteiger partial charge in [0.15, 0.2) is 0 Å². The van der Waals surface area contributed by atoms with Gasteiger partial charge in [-0.2, -0.15) is 0 Å². The van der Waals surface area contributed by atoms with E-state index in [4.69, 9.17) is 16.3 Å². The van der Waals surface area contributed by atoms with Crippen molar-refractivity contribution >= 4 is 12.0 Å².